The molecule has 3 rings (SSSR count). The van der Waals surface area contributed by atoms with Gasteiger partial charge < -0.3 is 15.5 Å². The van der Waals surface area contributed by atoms with Gasteiger partial charge in [0.2, 0.25) is 0 Å². The van der Waals surface area contributed by atoms with Gasteiger partial charge in [0, 0.05) is 5.69 Å². The molecule has 0 fully saturated rings. The Morgan fingerprint density at radius 1 is 1.44 bits per heavy atom. The molecule has 4 N–H and O–H groups in total. The summed E-state index contributed by atoms with van der Waals surface area (Å²) in [5.41, 5.74) is 7.70. The number of tetrazole rings is 1. The largest absolute Gasteiger partial charge is 0.424 e. The minimum Gasteiger partial charge on any atom is -0.424 e. The lowest BCUT2D eigenvalue weighted by Crippen LogP contribution is -2.08. The lowest BCUT2D eigenvalue weighted by atomic mass is 10.3. The number of aromatic amines is 1. The van der Waals surface area contributed by atoms with E-state index >= 15 is 0 Å². The van der Waals surface area contributed by atoms with Gasteiger partial charge in [0.05, 0.1) is 6.04 Å². The molecule has 0 aliphatic carbocycles. The highest BCUT2D eigenvalue weighted by atomic mass is 16.4. The molecule has 0 saturated carbocycles. The molecule has 8 heteroatoms. The minimum absolute atomic E-state index is 0.158. The van der Waals surface area contributed by atoms with Crippen LogP contribution < -0.4 is 11.1 Å². The van der Waals surface area contributed by atoms with E-state index in [4.69, 9.17) is 10.2 Å². The third-order valence-corrected chi connectivity index (χ3v) is 2.50. The number of anilines is 2. The Labute approximate surface area is 102 Å². The number of rotatable bonds is 3. The molecule has 0 saturated heterocycles. The van der Waals surface area contributed by atoms with E-state index in [-0.39, 0.29) is 6.04 Å². The first kappa shape index (κ1) is 10.5. The van der Waals surface area contributed by atoms with Gasteiger partial charge in [-0.1, -0.05) is 5.21 Å². The maximum atomic E-state index is 5.68. The summed E-state index contributed by atoms with van der Waals surface area (Å²) in [5, 5.41) is 16.7. The monoisotopic (exact) mass is 245 g/mol. The van der Waals surface area contributed by atoms with Crippen molar-refractivity contribution in [1.82, 2.24) is 25.6 Å². The van der Waals surface area contributed by atoms with E-state index in [1.165, 1.54) is 0 Å². The van der Waals surface area contributed by atoms with E-state index in [0.29, 0.717) is 28.6 Å². The van der Waals surface area contributed by atoms with Gasteiger partial charge >= 0.3 is 0 Å². The summed E-state index contributed by atoms with van der Waals surface area (Å²) < 4.78 is 5.53. The molecule has 92 valence electrons. The van der Waals surface area contributed by atoms with Crippen LogP contribution in [0.25, 0.3) is 11.1 Å². The molecular formula is C10H11N7O. The molecule has 0 spiro atoms. The second-order valence-electron chi connectivity index (χ2n) is 3.88. The Hall–Kier alpha value is -2.64. The zero-order valence-corrected chi connectivity index (χ0v) is 9.58. The van der Waals surface area contributed by atoms with Crippen molar-refractivity contribution in [2.45, 2.75) is 13.0 Å². The molecule has 2 aromatic heterocycles. The number of aromatic nitrogens is 5. The van der Waals surface area contributed by atoms with Crippen LogP contribution in [-0.2, 0) is 0 Å². The number of benzene rings is 1. The van der Waals surface area contributed by atoms with Crippen molar-refractivity contribution in [2.75, 3.05) is 11.1 Å². The van der Waals surface area contributed by atoms with Crippen LogP contribution in [0, 0.1) is 0 Å². The first-order valence-corrected chi connectivity index (χ1v) is 5.38. The van der Waals surface area contributed by atoms with E-state index in [9.17, 15) is 0 Å². The first-order chi connectivity index (χ1) is 8.72. The Morgan fingerprint density at radius 3 is 3.11 bits per heavy atom. The number of fused-ring (bicyclic) bond motifs is 1. The number of oxazole rings is 1. The highest BCUT2D eigenvalue weighted by Crippen LogP contribution is 2.23. The van der Waals surface area contributed by atoms with E-state index in [2.05, 4.69) is 30.9 Å². The van der Waals surface area contributed by atoms with Gasteiger partial charge in [-0.05, 0) is 25.1 Å². The molecular weight excluding hydrogens is 234 g/mol. The molecule has 0 radical (unpaired) electrons. The van der Waals surface area contributed by atoms with Crippen LogP contribution in [0.5, 0.6) is 0 Å². The normalized spacial score (nSPS) is 12.7. The molecule has 2 heterocycles. The molecule has 1 unspecified atom stereocenters. The summed E-state index contributed by atoms with van der Waals surface area (Å²) in [7, 11) is 0. The summed E-state index contributed by atoms with van der Waals surface area (Å²) in [4.78, 5) is 4.28. The third kappa shape index (κ3) is 1.83. The van der Waals surface area contributed by atoms with Gasteiger partial charge in [-0.2, -0.15) is 10.2 Å². The highest BCUT2D eigenvalue weighted by molar-refractivity contribution is 5.78. The van der Waals surface area contributed by atoms with Crippen LogP contribution >= 0.6 is 0 Å². The summed E-state index contributed by atoms with van der Waals surface area (Å²) in [6.45, 7) is 1.88. The number of H-pyrrole nitrogens is 1. The number of nitrogen functional groups attached to an aromatic ring is 1. The van der Waals surface area contributed by atoms with E-state index in [1.54, 1.807) is 18.2 Å². The molecule has 0 amide bonds. The fourth-order valence-corrected chi connectivity index (χ4v) is 1.61. The smallest absolute Gasteiger partial charge is 0.296 e. The Kier molecular flexibility index (Phi) is 2.33. The van der Waals surface area contributed by atoms with Crippen LogP contribution in [-0.4, -0.2) is 25.6 Å². The number of hydrogen-bond donors (Lipinski definition) is 3. The maximum Gasteiger partial charge on any atom is 0.296 e. The average Bonchev–Trinajstić information content (AvgIpc) is 2.95. The molecule has 1 atom stereocenters. The first-order valence-electron chi connectivity index (χ1n) is 5.38. The van der Waals surface area contributed by atoms with Crippen molar-refractivity contribution in [3.63, 3.8) is 0 Å². The molecule has 3 aromatic rings. The lowest BCUT2D eigenvalue weighted by Gasteiger charge is -2.05. The maximum absolute atomic E-state index is 5.68. The van der Waals surface area contributed by atoms with Crippen molar-refractivity contribution >= 4 is 22.8 Å². The molecule has 1 aromatic carbocycles. The van der Waals surface area contributed by atoms with E-state index in [0.717, 1.165) is 0 Å². The summed E-state index contributed by atoms with van der Waals surface area (Å²) >= 11 is 0. The quantitative estimate of drug-likeness (QED) is 0.591. The van der Waals surface area contributed by atoms with Crippen LogP contribution in [0.4, 0.5) is 11.7 Å². The zero-order valence-electron chi connectivity index (χ0n) is 9.58. The van der Waals surface area contributed by atoms with Gasteiger partial charge in [0.1, 0.15) is 5.52 Å². The van der Waals surface area contributed by atoms with E-state index in [1.807, 2.05) is 6.92 Å². The SMILES string of the molecule is CC(Nc1nc2cc(N)ccc2o1)c1nn[nH]n1. The summed E-state index contributed by atoms with van der Waals surface area (Å²) in [6.07, 6.45) is 0. The van der Waals surface area contributed by atoms with Crippen LogP contribution in [0.1, 0.15) is 18.8 Å². The molecule has 8 nitrogen and oxygen atoms in total. The Morgan fingerprint density at radius 2 is 2.33 bits per heavy atom. The molecule has 0 aliphatic rings. The van der Waals surface area contributed by atoms with Crippen molar-refractivity contribution in [1.29, 1.82) is 0 Å². The van der Waals surface area contributed by atoms with Crippen molar-refractivity contribution in [3.05, 3.63) is 24.0 Å². The Bertz CT molecular complexity index is 660. The highest BCUT2D eigenvalue weighted by Gasteiger charge is 2.13. The zero-order chi connectivity index (χ0) is 12.5. The topological polar surface area (TPSA) is 119 Å². The fourth-order valence-electron chi connectivity index (χ4n) is 1.61. The molecule has 0 bridgehead atoms. The third-order valence-electron chi connectivity index (χ3n) is 2.50. The number of nitrogens with two attached hydrogens (primary N) is 1. The van der Waals surface area contributed by atoms with Gasteiger partial charge in [-0.25, -0.2) is 0 Å². The lowest BCUT2D eigenvalue weighted by molar-refractivity contribution is 0.599. The Balaban J connectivity index is 1.86. The predicted molar refractivity (Wildman–Crippen MR) is 64.6 cm³/mol. The average molecular weight is 245 g/mol. The molecule has 0 aliphatic heterocycles. The second kappa shape index (κ2) is 3.99. The van der Waals surface area contributed by atoms with Crippen molar-refractivity contribution in [2.24, 2.45) is 0 Å². The molecule has 18 heavy (non-hydrogen) atoms. The number of nitrogens with one attached hydrogen (secondary N) is 2. The summed E-state index contributed by atoms with van der Waals surface area (Å²) in [6, 6.07) is 5.53. The van der Waals surface area contributed by atoms with Gasteiger partial charge in [0.25, 0.3) is 6.01 Å². The van der Waals surface area contributed by atoms with Crippen LogP contribution in [0.3, 0.4) is 0 Å². The van der Waals surface area contributed by atoms with Crippen molar-refractivity contribution < 1.29 is 4.42 Å². The van der Waals surface area contributed by atoms with Crippen LogP contribution in [0.2, 0.25) is 0 Å². The van der Waals surface area contributed by atoms with Gasteiger partial charge in [-0.3, -0.25) is 0 Å². The van der Waals surface area contributed by atoms with Gasteiger partial charge in [0.15, 0.2) is 11.4 Å². The summed E-state index contributed by atoms with van der Waals surface area (Å²) in [5.74, 6) is 0.539. The van der Waals surface area contributed by atoms with E-state index < -0.39 is 0 Å². The van der Waals surface area contributed by atoms with Gasteiger partial charge in [-0.15, -0.1) is 10.2 Å². The second-order valence-corrected chi connectivity index (χ2v) is 3.88. The fraction of sp³-hybridized carbons (Fsp3) is 0.200. The van der Waals surface area contributed by atoms with Crippen LogP contribution in [0.15, 0.2) is 22.6 Å². The van der Waals surface area contributed by atoms with Crippen molar-refractivity contribution in [3.8, 4) is 0 Å². The number of hydrogen-bond acceptors (Lipinski definition) is 7. The predicted octanol–water partition coefficient (Wildman–Crippen LogP) is 1.10. The minimum atomic E-state index is -0.158. The number of nitrogens with zero attached hydrogens (tertiary/aromatic N) is 4. The standard InChI is InChI=1S/C10H11N7O/c1-5(9-14-16-17-15-9)12-10-13-7-4-6(11)2-3-8(7)18-10/h2-5H,11H2,1H3,(H,12,13)(H,14,15,16,17).